The van der Waals surface area contributed by atoms with E-state index in [1.165, 1.54) is 15.4 Å². The second-order valence-electron chi connectivity index (χ2n) is 5.95. The summed E-state index contributed by atoms with van der Waals surface area (Å²) in [7, 11) is 0. The molecule has 0 spiro atoms. The van der Waals surface area contributed by atoms with Crippen LogP contribution in [0.4, 0.5) is 5.82 Å². The number of fused-ring (bicyclic) bond motifs is 1. The molecule has 3 heterocycles. The monoisotopic (exact) mass is 432 g/mol. The molecular weight excluding hydrogens is 412 g/mol. The maximum Gasteiger partial charge on any atom is 0.267 e. The zero-order valence-electron chi connectivity index (χ0n) is 15.5. The maximum atomic E-state index is 13.1. The van der Waals surface area contributed by atoms with Gasteiger partial charge in [0.25, 0.3) is 11.5 Å². The lowest BCUT2D eigenvalue weighted by Crippen LogP contribution is -2.28. The van der Waals surface area contributed by atoms with Crippen molar-refractivity contribution >= 4 is 51.7 Å². The summed E-state index contributed by atoms with van der Waals surface area (Å²) in [6.45, 7) is 4.83. The van der Waals surface area contributed by atoms with E-state index in [1.54, 1.807) is 30.5 Å². The number of carbonyl (C=O) groups excluding carboxylic acids is 1. The predicted octanol–water partition coefficient (Wildman–Crippen LogP) is 1.50. The SMILES string of the molecule is C=CCN1C(=O)/C(=C\c2c(NCCOCCO)nc3ccccn3c2=O)SC1=S. The third-order valence-electron chi connectivity index (χ3n) is 4.00. The second-order valence-corrected chi connectivity index (χ2v) is 7.63. The summed E-state index contributed by atoms with van der Waals surface area (Å²) in [5, 5.41) is 11.9. The highest BCUT2D eigenvalue weighted by Crippen LogP contribution is 2.32. The Morgan fingerprint density at radius 2 is 2.17 bits per heavy atom. The summed E-state index contributed by atoms with van der Waals surface area (Å²) >= 11 is 6.40. The lowest BCUT2D eigenvalue weighted by molar-refractivity contribution is -0.121. The number of hydrogen-bond acceptors (Lipinski definition) is 8. The van der Waals surface area contributed by atoms with Crippen molar-refractivity contribution in [1.82, 2.24) is 14.3 Å². The fourth-order valence-corrected chi connectivity index (χ4v) is 3.95. The molecule has 29 heavy (non-hydrogen) atoms. The van der Waals surface area contributed by atoms with Crippen LogP contribution in [0.5, 0.6) is 0 Å². The number of aliphatic hydroxyl groups is 1. The molecule has 0 atom stereocenters. The maximum absolute atomic E-state index is 13.1. The molecule has 1 amide bonds. The summed E-state index contributed by atoms with van der Waals surface area (Å²) < 4.78 is 7.08. The van der Waals surface area contributed by atoms with Crippen molar-refractivity contribution in [3.05, 3.63) is 57.9 Å². The van der Waals surface area contributed by atoms with Crippen molar-refractivity contribution in [1.29, 1.82) is 0 Å². The molecule has 2 aromatic heterocycles. The summed E-state index contributed by atoms with van der Waals surface area (Å²) in [5.74, 6) is 0.0810. The molecule has 0 unspecified atom stereocenters. The molecule has 1 aliphatic heterocycles. The Morgan fingerprint density at radius 1 is 1.34 bits per heavy atom. The highest BCUT2D eigenvalue weighted by molar-refractivity contribution is 8.26. The average molecular weight is 433 g/mol. The predicted molar refractivity (Wildman–Crippen MR) is 118 cm³/mol. The number of thioether (sulfide) groups is 1. The molecule has 0 bridgehead atoms. The van der Waals surface area contributed by atoms with E-state index in [-0.39, 0.29) is 30.2 Å². The highest BCUT2D eigenvalue weighted by Gasteiger charge is 2.31. The average Bonchev–Trinajstić information content (AvgIpc) is 2.98. The van der Waals surface area contributed by atoms with Crippen LogP contribution in [0, 0.1) is 0 Å². The van der Waals surface area contributed by atoms with E-state index in [2.05, 4.69) is 16.9 Å². The Bertz CT molecular complexity index is 1030. The molecule has 8 nitrogen and oxygen atoms in total. The van der Waals surface area contributed by atoms with E-state index < -0.39 is 0 Å². The molecule has 0 aliphatic carbocycles. The van der Waals surface area contributed by atoms with E-state index in [0.29, 0.717) is 40.4 Å². The van der Waals surface area contributed by atoms with Gasteiger partial charge in [0.1, 0.15) is 15.8 Å². The molecule has 1 saturated heterocycles. The van der Waals surface area contributed by atoms with Gasteiger partial charge in [-0.3, -0.25) is 18.9 Å². The van der Waals surface area contributed by atoms with Crippen LogP contribution in [0.3, 0.4) is 0 Å². The van der Waals surface area contributed by atoms with Crippen LogP contribution in [0.2, 0.25) is 0 Å². The molecule has 0 radical (unpaired) electrons. The number of carbonyl (C=O) groups is 1. The van der Waals surface area contributed by atoms with Crippen LogP contribution in [-0.2, 0) is 9.53 Å². The summed E-state index contributed by atoms with van der Waals surface area (Å²) in [5.41, 5.74) is 0.436. The van der Waals surface area contributed by atoms with Gasteiger partial charge in [0.05, 0.1) is 30.3 Å². The molecule has 152 valence electrons. The number of nitrogens with zero attached hydrogens (tertiary/aromatic N) is 3. The molecule has 10 heteroatoms. The fourth-order valence-electron chi connectivity index (χ4n) is 2.69. The topological polar surface area (TPSA) is 96.2 Å². The minimum absolute atomic E-state index is 0.0621. The van der Waals surface area contributed by atoms with Gasteiger partial charge in [-0.2, -0.15) is 0 Å². The largest absolute Gasteiger partial charge is 0.394 e. The Hall–Kier alpha value is -2.53. The van der Waals surface area contributed by atoms with E-state index in [9.17, 15) is 9.59 Å². The number of anilines is 1. The van der Waals surface area contributed by atoms with Crippen LogP contribution in [-0.4, -0.2) is 62.5 Å². The third-order valence-corrected chi connectivity index (χ3v) is 5.38. The van der Waals surface area contributed by atoms with Crippen molar-refractivity contribution < 1.29 is 14.6 Å². The zero-order chi connectivity index (χ0) is 20.8. The number of hydrogen-bond donors (Lipinski definition) is 2. The first-order valence-corrected chi connectivity index (χ1v) is 10.1. The Labute approximate surface area is 176 Å². The van der Waals surface area contributed by atoms with E-state index in [1.807, 2.05) is 0 Å². The van der Waals surface area contributed by atoms with Gasteiger partial charge >= 0.3 is 0 Å². The van der Waals surface area contributed by atoms with Crippen molar-refractivity contribution in [3.8, 4) is 0 Å². The number of pyridine rings is 1. The standard InChI is InChI=1S/C19H20N4O4S2/c1-2-7-23-18(26)14(29-19(23)28)12-13-16(20-6-10-27-11-9-24)21-15-5-3-4-8-22(15)17(13)25/h2-5,8,12,20,24H,1,6-7,9-11H2/b14-12+. The van der Waals surface area contributed by atoms with Gasteiger partial charge in [-0.1, -0.05) is 36.1 Å². The lowest BCUT2D eigenvalue weighted by Gasteiger charge is -2.12. The van der Waals surface area contributed by atoms with E-state index in [0.717, 1.165) is 11.8 Å². The van der Waals surface area contributed by atoms with Gasteiger partial charge in [0.2, 0.25) is 0 Å². The molecule has 0 saturated carbocycles. The number of rotatable bonds is 9. The third kappa shape index (κ3) is 4.73. The van der Waals surface area contributed by atoms with Gasteiger partial charge in [-0.25, -0.2) is 4.98 Å². The van der Waals surface area contributed by atoms with Gasteiger partial charge < -0.3 is 15.2 Å². The molecule has 2 N–H and O–H groups in total. The normalized spacial score (nSPS) is 15.5. The van der Waals surface area contributed by atoms with Crippen LogP contribution in [0.25, 0.3) is 11.7 Å². The van der Waals surface area contributed by atoms with Crippen LogP contribution >= 0.6 is 24.0 Å². The van der Waals surface area contributed by atoms with E-state index in [4.69, 9.17) is 22.1 Å². The molecule has 3 rings (SSSR count). The van der Waals surface area contributed by atoms with Gasteiger partial charge in [0.15, 0.2) is 0 Å². The van der Waals surface area contributed by atoms with Gasteiger partial charge in [-0.05, 0) is 18.2 Å². The van der Waals surface area contributed by atoms with Crippen molar-refractivity contribution in [2.24, 2.45) is 0 Å². The molecule has 1 aliphatic rings. The van der Waals surface area contributed by atoms with Crippen LogP contribution in [0.15, 0.2) is 46.8 Å². The molecule has 2 aromatic rings. The number of ether oxygens (including phenoxy) is 1. The van der Waals surface area contributed by atoms with Crippen molar-refractivity contribution in [3.63, 3.8) is 0 Å². The first-order valence-electron chi connectivity index (χ1n) is 8.87. The first-order chi connectivity index (χ1) is 14.1. The highest BCUT2D eigenvalue weighted by atomic mass is 32.2. The number of amides is 1. The molecule has 0 aromatic carbocycles. The first kappa shape index (κ1) is 21.2. The minimum atomic E-state index is -0.302. The smallest absolute Gasteiger partial charge is 0.267 e. The quantitative estimate of drug-likeness (QED) is 0.266. The lowest BCUT2D eigenvalue weighted by atomic mass is 10.2. The van der Waals surface area contributed by atoms with E-state index >= 15 is 0 Å². The van der Waals surface area contributed by atoms with Crippen molar-refractivity contribution in [2.75, 3.05) is 38.2 Å². The second kappa shape index (κ2) is 9.79. The molecular formula is C19H20N4O4S2. The summed E-state index contributed by atoms with van der Waals surface area (Å²) in [4.78, 5) is 32.0. The zero-order valence-corrected chi connectivity index (χ0v) is 17.2. The summed E-state index contributed by atoms with van der Waals surface area (Å²) in [6.07, 6.45) is 4.74. The number of thiocarbonyl (C=S) groups is 1. The van der Waals surface area contributed by atoms with Gasteiger partial charge in [0, 0.05) is 19.3 Å². The Morgan fingerprint density at radius 3 is 2.93 bits per heavy atom. The molecule has 1 fully saturated rings. The fraction of sp³-hybridized carbons (Fsp3) is 0.263. The number of nitrogens with one attached hydrogen (secondary N) is 1. The van der Waals surface area contributed by atoms with Crippen molar-refractivity contribution in [2.45, 2.75) is 0 Å². The number of aliphatic hydroxyl groups excluding tert-OH is 1. The minimum Gasteiger partial charge on any atom is -0.394 e. The number of aromatic nitrogens is 2. The summed E-state index contributed by atoms with van der Waals surface area (Å²) in [6, 6.07) is 5.25. The Balaban J connectivity index is 1.98. The van der Waals surface area contributed by atoms with Crippen LogP contribution in [0.1, 0.15) is 5.56 Å². The Kier molecular flexibility index (Phi) is 7.15. The van der Waals surface area contributed by atoms with Crippen LogP contribution < -0.4 is 10.9 Å². The van der Waals surface area contributed by atoms with Gasteiger partial charge in [-0.15, -0.1) is 6.58 Å².